The number of carbonyl (C=O) groups is 1. The van der Waals surface area contributed by atoms with E-state index in [2.05, 4.69) is 0 Å². The second-order valence-electron chi connectivity index (χ2n) is 3.17. The Kier molecular flexibility index (Phi) is 4.93. The van der Waals surface area contributed by atoms with Gasteiger partial charge in [-0.3, -0.25) is 4.90 Å². The maximum absolute atomic E-state index is 12.7. The van der Waals surface area contributed by atoms with Crippen LogP contribution in [0.4, 0.5) is 8.78 Å². The van der Waals surface area contributed by atoms with Crippen molar-refractivity contribution < 1.29 is 23.8 Å². The Bertz CT molecular complexity index is 195. The summed E-state index contributed by atoms with van der Waals surface area (Å²) in [6.45, 7) is 0.584. The van der Waals surface area contributed by atoms with Gasteiger partial charge in [0.05, 0.1) is 13.2 Å². The van der Waals surface area contributed by atoms with E-state index in [1.807, 2.05) is 0 Å². The highest BCUT2D eigenvalue weighted by Crippen LogP contribution is 2.16. The van der Waals surface area contributed by atoms with Crippen LogP contribution in [0.3, 0.4) is 0 Å². The molecule has 0 aliphatic carbocycles. The molecule has 1 unspecified atom stereocenters. The number of aliphatic hydroxyl groups excluding tert-OH is 1. The number of carboxylic acids is 1. The quantitative estimate of drug-likeness (QED) is 0.668. The third-order valence-corrected chi connectivity index (χ3v) is 2.07. The van der Waals surface area contributed by atoms with Crippen LogP contribution in [0.25, 0.3) is 0 Å². The molecule has 0 aromatic carbocycles. The fourth-order valence-electron chi connectivity index (χ4n) is 1.09. The van der Waals surface area contributed by atoms with Crippen molar-refractivity contribution in [3.8, 4) is 0 Å². The summed E-state index contributed by atoms with van der Waals surface area (Å²) in [4.78, 5) is 11.3. The molecule has 0 rings (SSSR count). The molecule has 0 heterocycles. The fraction of sp³-hybridized carbons (Fsp3) is 0.875. The number of rotatable bonds is 6. The number of hydrogen-bond acceptors (Lipinski definition) is 3. The minimum atomic E-state index is -3.77. The van der Waals surface area contributed by atoms with Crippen LogP contribution in [0.2, 0.25) is 0 Å². The number of aliphatic carboxylic acids is 1. The molecule has 0 saturated carbocycles. The molecule has 0 aromatic heterocycles. The maximum Gasteiger partial charge on any atom is 0.375 e. The molecule has 84 valence electrons. The summed E-state index contributed by atoms with van der Waals surface area (Å²) in [7, 11) is 1.36. The molecule has 0 fully saturated rings. The van der Waals surface area contributed by atoms with Gasteiger partial charge in [-0.05, 0) is 13.5 Å². The molecule has 0 radical (unpaired) electrons. The lowest BCUT2D eigenvalue weighted by atomic mass is 10.2. The molecule has 0 aliphatic rings. The molecule has 0 aromatic rings. The number of likely N-dealkylation sites (N-methyl/N-ethyl adjacent to an activating group) is 1. The van der Waals surface area contributed by atoms with Gasteiger partial charge in [-0.15, -0.1) is 0 Å². The first-order valence-corrected chi connectivity index (χ1v) is 4.27. The Labute approximate surface area is 81.1 Å². The molecule has 4 nitrogen and oxygen atoms in total. The summed E-state index contributed by atoms with van der Waals surface area (Å²) in [6.07, 6.45) is 0.489. The van der Waals surface area contributed by atoms with E-state index >= 15 is 0 Å². The first kappa shape index (κ1) is 13.2. The van der Waals surface area contributed by atoms with Gasteiger partial charge in [0, 0.05) is 6.04 Å². The minimum absolute atomic E-state index is 0.261. The smallest absolute Gasteiger partial charge is 0.375 e. The third kappa shape index (κ3) is 3.55. The molecular formula is C8H15F2NO3. The Balaban J connectivity index is 4.29. The summed E-state index contributed by atoms with van der Waals surface area (Å²) in [5, 5.41) is 17.0. The van der Waals surface area contributed by atoms with Crippen LogP contribution in [0, 0.1) is 0 Å². The highest BCUT2D eigenvalue weighted by molar-refractivity contribution is 5.75. The molecule has 14 heavy (non-hydrogen) atoms. The van der Waals surface area contributed by atoms with Gasteiger partial charge >= 0.3 is 11.9 Å². The molecular weight excluding hydrogens is 196 g/mol. The molecule has 0 amide bonds. The van der Waals surface area contributed by atoms with E-state index in [1.54, 1.807) is 6.92 Å². The number of hydrogen-bond donors (Lipinski definition) is 2. The van der Waals surface area contributed by atoms with E-state index in [0.717, 1.165) is 4.90 Å². The highest BCUT2D eigenvalue weighted by atomic mass is 19.3. The summed E-state index contributed by atoms with van der Waals surface area (Å²) in [5.41, 5.74) is 0. The van der Waals surface area contributed by atoms with E-state index in [0.29, 0.717) is 6.42 Å². The van der Waals surface area contributed by atoms with Crippen molar-refractivity contribution in [2.45, 2.75) is 25.3 Å². The van der Waals surface area contributed by atoms with E-state index in [-0.39, 0.29) is 6.61 Å². The highest BCUT2D eigenvalue weighted by Gasteiger charge is 2.40. The van der Waals surface area contributed by atoms with Crippen LogP contribution in [0.5, 0.6) is 0 Å². The van der Waals surface area contributed by atoms with Gasteiger partial charge in [-0.25, -0.2) is 4.79 Å². The fourth-order valence-corrected chi connectivity index (χ4v) is 1.09. The first-order valence-electron chi connectivity index (χ1n) is 4.27. The molecule has 0 aliphatic heterocycles. The average Bonchev–Trinajstić information content (AvgIpc) is 2.05. The van der Waals surface area contributed by atoms with Gasteiger partial charge in [-0.1, -0.05) is 6.92 Å². The van der Waals surface area contributed by atoms with Gasteiger partial charge in [-0.2, -0.15) is 8.78 Å². The Morgan fingerprint density at radius 3 is 2.36 bits per heavy atom. The molecule has 1 atom stereocenters. The van der Waals surface area contributed by atoms with Crippen LogP contribution in [0.15, 0.2) is 0 Å². The lowest BCUT2D eigenvalue weighted by Crippen LogP contribution is -2.45. The zero-order valence-corrected chi connectivity index (χ0v) is 8.20. The number of halogens is 2. The normalized spacial score (nSPS) is 14.4. The number of aliphatic hydroxyl groups is 1. The summed E-state index contributed by atoms with van der Waals surface area (Å²) >= 11 is 0. The number of alkyl halides is 2. The van der Waals surface area contributed by atoms with E-state index in [4.69, 9.17) is 10.2 Å². The standard InChI is InChI=1S/C8H15F2NO3/c1-3-6(4-12)11(2)5-8(9,10)7(13)14/h6,12H,3-5H2,1-2H3,(H,13,14). The molecule has 2 N–H and O–H groups in total. The molecule has 0 bridgehead atoms. The molecule has 0 spiro atoms. The van der Waals surface area contributed by atoms with Gasteiger partial charge in [0.1, 0.15) is 0 Å². The second-order valence-corrected chi connectivity index (χ2v) is 3.17. The van der Waals surface area contributed by atoms with Crippen LogP contribution in [-0.4, -0.2) is 53.2 Å². The second kappa shape index (κ2) is 5.21. The van der Waals surface area contributed by atoms with Crippen LogP contribution in [0.1, 0.15) is 13.3 Å². The predicted octanol–water partition coefficient (Wildman–Crippen LogP) is 0.409. The van der Waals surface area contributed by atoms with Crippen molar-refractivity contribution in [2.75, 3.05) is 20.2 Å². The SMILES string of the molecule is CCC(CO)N(C)CC(F)(F)C(=O)O. The maximum atomic E-state index is 12.7. The van der Waals surface area contributed by atoms with Gasteiger partial charge in [0.2, 0.25) is 0 Å². The monoisotopic (exact) mass is 211 g/mol. The number of nitrogens with zero attached hydrogens (tertiary/aromatic N) is 1. The van der Waals surface area contributed by atoms with Crippen molar-refractivity contribution in [1.82, 2.24) is 4.90 Å². The summed E-state index contributed by atoms with van der Waals surface area (Å²) in [5.74, 6) is -5.91. The van der Waals surface area contributed by atoms with Crippen LogP contribution in [-0.2, 0) is 4.79 Å². The van der Waals surface area contributed by atoms with Crippen molar-refractivity contribution in [3.05, 3.63) is 0 Å². The Morgan fingerprint density at radius 1 is 1.57 bits per heavy atom. The van der Waals surface area contributed by atoms with E-state index < -0.39 is 24.5 Å². The molecule has 0 saturated heterocycles. The number of carboxylic acid groups (broad SMARTS) is 1. The topological polar surface area (TPSA) is 60.8 Å². The Hall–Kier alpha value is -0.750. The average molecular weight is 211 g/mol. The largest absolute Gasteiger partial charge is 0.477 e. The third-order valence-electron chi connectivity index (χ3n) is 2.07. The first-order chi connectivity index (χ1) is 6.35. The van der Waals surface area contributed by atoms with Gasteiger partial charge in [0.15, 0.2) is 0 Å². The van der Waals surface area contributed by atoms with E-state index in [9.17, 15) is 13.6 Å². The lowest BCUT2D eigenvalue weighted by Gasteiger charge is -2.27. The van der Waals surface area contributed by atoms with E-state index in [1.165, 1.54) is 7.05 Å². The Morgan fingerprint density at radius 2 is 2.07 bits per heavy atom. The van der Waals surface area contributed by atoms with Crippen molar-refractivity contribution in [1.29, 1.82) is 0 Å². The summed E-state index contributed by atoms with van der Waals surface area (Å²) < 4.78 is 25.4. The van der Waals surface area contributed by atoms with Crippen molar-refractivity contribution in [2.24, 2.45) is 0 Å². The predicted molar refractivity (Wildman–Crippen MR) is 46.4 cm³/mol. The van der Waals surface area contributed by atoms with Gasteiger partial charge < -0.3 is 10.2 Å². The van der Waals surface area contributed by atoms with Crippen molar-refractivity contribution in [3.63, 3.8) is 0 Å². The summed E-state index contributed by atoms with van der Waals surface area (Å²) in [6, 6.07) is -0.430. The van der Waals surface area contributed by atoms with Crippen molar-refractivity contribution >= 4 is 5.97 Å². The van der Waals surface area contributed by atoms with Crippen LogP contribution < -0.4 is 0 Å². The zero-order chi connectivity index (χ0) is 11.4. The molecule has 6 heteroatoms. The lowest BCUT2D eigenvalue weighted by molar-refractivity contribution is -0.168. The van der Waals surface area contributed by atoms with Gasteiger partial charge in [0.25, 0.3) is 0 Å². The van der Waals surface area contributed by atoms with Crippen LogP contribution >= 0.6 is 0 Å². The zero-order valence-electron chi connectivity index (χ0n) is 8.20. The minimum Gasteiger partial charge on any atom is -0.477 e.